The second-order valence-electron chi connectivity index (χ2n) is 2.66. The highest BCUT2D eigenvalue weighted by molar-refractivity contribution is 5.90. The van der Waals surface area contributed by atoms with Crippen molar-refractivity contribution in [3.63, 3.8) is 0 Å². The van der Waals surface area contributed by atoms with Crippen LogP contribution in [0, 0.1) is 0 Å². The van der Waals surface area contributed by atoms with Crippen molar-refractivity contribution in [2.45, 2.75) is 6.18 Å². The number of halogens is 3. The van der Waals surface area contributed by atoms with Gasteiger partial charge in [0.05, 0.1) is 16.8 Å². The average Bonchev–Trinajstić information content (AvgIpc) is 2.15. The second-order valence-corrected chi connectivity index (χ2v) is 2.66. The molecule has 0 unspecified atom stereocenters. The van der Waals surface area contributed by atoms with E-state index in [9.17, 15) is 18.0 Å². The Kier molecular flexibility index (Phi) is 2.78. The number of carboxylic acid groups (broad SMARTS) is 1. The zero-order valence-corrected chi connectivity index (χ0v) is 7.38. The Morgan fingerprint density at radius 2 is 2.13 bits per heavy atom. The monoisotopic (exact) mass is 217 g/mol. The molecule has 0 aliphatic heterocycles. The lowest BCUT2D eigenvalue weighted by molar-refractivity contribution is -0.138. The molecule has 0 aliphatic rings. The molecule has 0 aromatic carbocycles. The predicted octanol–water partition coefficient (Wildman–Crippen LogP) is 2.44. The standard InChI is InChI=1S/C9H6F3NO2/c1-2-5-3-6(8(14)15)7(4-13-5)9(10,11)12/h2-4H,1H2,(H,14,15). The van der Waals surface area contributed by atoms with E-state index in [0.29, 0.717) is 6.20 Å². The van der Waals surface area contributed by atoms with Crippen LogP contribution < -0.4 is 0 Å². The van der Waals surface area contributed by atoms with Gasteiger partial charge in [0.25, 0.3) is 0 Å². The number of carbonyl (C=O) groups is 1. The minimum absolute atomic E-state index is 0.0837. The Labute approximate surface area is 82.9 Å². The van der Waals surface area contributed by atoms with E-state index in [4.69, 9.17) is 5.11 Å². The van der Waals surface area contributed by atoms with E-state index >= 15 is 0 Å². The molecule has 0 saturated carbocycles. The smallest absolute Gasteiger partial charge is 0.418 e. The lowest BCUT2D eigenvalue weighted by Gasteiger charge is -2.09. The van der Waals surface area contributed by atoms with Crippen LogP contribution in [0.4, 0.5) is 13.2 Å². The van der Waals surface area contributed by atoms with Gasteiger partial charge >= 0.3 is 12.1 Å². The van der Waals surface area contributed by atoms with Crippen molar-refractivity contribution in [2.24, 2.45) is 0 Å². The Hall–Kier alpha value is -1.85. The lowest BCUT2D eigenvalue weighted by atomic mass is 10.1. The molecule has 1 aromatic heterocycles. The molecule has 1 heterocycles. The third-order valence-electron chi connectivity index (χ3n) is 1.67. The first-order valence-corrected chi connectivity index (χ1v) is 3.79. The molecule has 3 nitrogen and oxygen atoms in total. The first-order valence-electron chi connectivity index (χ1n) is 3.79. The van der Waals surface area contributed by atoms with Crippen LogP contribution >= 0.6 is 0 Å². The zero-order chi connectivity index (χ0) is 11.6. The normalized spacial score (nSPS) is 11.1. The number of aromatic carboxylic acids is 1. The number of pyridine rings is 1. The largest absolute Gasteiger partial charge is 0.478 e. The molecule has 0 fully saturated rings. The molecule has 0 aliphatic carbocycles. The van der Waals surface area contributed by atoms with Crippen LogP contribution in [0.5, 0.6) is 0 Å². The summed E-state index contributed by atoms with van der Waals surface area (Å²) in [7, 11) is 0. The van der Waals surface area contributed by atoms with Gasteiger partial charge in [0.1, 0.15) is 0 Å². The summed E-state index contributed by atoms with van der Waals surface area (Å²) in [5, 5.41) is 8.59. The van der Waals surface area contributed by atoms with E-state index < -0.39 is 23.3 Å². The van der Waals surface area contributed by atoms with Crippen molar-refractivity contribution in [1.82, 2.24) is 4.98 Å². The summed E-state index contributed by atoms with van der Waals surface area (Å²) in [6.07, 6.45) is -3.06. The van der Waals surface area contributed by atoms with Crippen LogP contribution in [0.25, 0.3) is 6.08 Å². The van der Waals surface area contributed by atoms with Crippen LogP contribution in [0.2, 0.25) is 0 Å². The minimum atomic E-state index is -4.72. The number of hydrogen-bond acceptors (Lipinski definition) is 2. The summed E-state index contributed by atoms with van der Waals surface area (Å²) in [5.41, 5.74) is -2.01. The highest BCUT2D eigenvalue weighted by Gasteiger charge is 2.35. The van der Waals surface area contributed by atoms with Gasteiger partial charge in [-0.15, -0.1) is 0 Å². The van der Waals surface area contributed by atoms with Crippen LogP contribution in [0.3, 0.4) is 0 Å². The first-order chi connectivity index (χ1) is 6.86. The second kappa shape index (κ2) is 3.72. The summed E-state index contributed by atoms with van der Waals surface area (Å²) >= 11 is 0. The molecule has 15 heavy (non-hydrogen) atoms. The van der Waals surface area contributed by atoms with Gasteiger partial charge in [0.15, 0.2) is 0 Å². The molecule has 6 heteroatoms. The van der Waals surface area contributed by atoms with Gasteiger partial charge in [0.2, 0.25) is 0 Å². The van der Waals surface area contributed by atoms with Crippen molar-refractivity contribution < 1.29 is 23.1 Å². The molecule has 0 radical (unpaired) electrons. The Morgan fingerprint density at radius 3 is 2.53 bits per heavy atom. The van der Waals surface area contributed by atoms with Crippen LogP contribution in [0.15, 0.2) is 18.8 Å². The summed E-state index contributed by atoms with van der Waals surface area (Å²) in [6.45, 7) is 3.29. The summed E-state index contributed by atoms with van der Waals surface area (Å²) in [4.78, 5) is 14.0. The van der Waals surface area contributed by atoms with E-state index in [-0.39, 0.29) is 5.69 Å². The van der Waals surface area contributed by atoms with Crippen LogP contribution in [-0.2, 0) is 6.18 Å². The molecule has 1 rings (SSSR count). The fourth-order valence-corrected chi connectivity index (χ4v) is 0.986. The molecule has 0 saturated heterocycles. The van der Waals surface area contributed by atoms with E-state index in [2.05, 4.69) is 11.6 Å². The minimum Gasteiger partial charge on any atom is -0.478 e. The van der Waals surface area contributed by atoms with Gasteiger partial charge in [-0.3, -0.25) is 4.98 Å². The number of hydrogen-bond donors (Lipinski definition) is 1. The highest BCUT2D eigenvalue weighted by Crippen LogP contribution is 2.31. The third-order valence-corrected chi connectivity index (χ3v) is 1.67. The SMILES string of the molecule is C=Cc1cc(C(=O)O)c(C(F)(F)F)cn1. The fraction of sp³-hybridized carbons (Fsp3) is 0.111. The van der Waals surface area contributed by atoms with Gasteiger partial charge in [-0.05, 0) is 12.1 Å². The quantitative estimate of drug-likeness (QED) is 0.827. The van der Waals surface area contributed by atoms with Gasteiger partial charge in [-0.2, -0.15) is 13.2 Å². The Morgan fingerprint density at radius 1 is 1.53 bits per heavy atom. The third kappa shape index (κ3) is 2.34. The number of rotatable bonds is 2. The molecule has 1 aromatic rings. The van der Waals surface area contributed by atoms with Gasteiger partial charge in [-0.25, -0.2) is 4.79 Å². The van der Waals surface area contributed by atoms with Crippen molar-refractivity contribution in [1.29, 1.82) is 0 Å². The molecular weight excluding hydrogens is 211 g/mol. The summed E-state index contributed by atoms with van der Waals surface area (Å²) < 4.78 is 36.9. The van der Waals surface area contributed by atoms with Crippen molar-refractivity contribution in [3.8, 4) is 0 Å². The number of alkyl halides is 3. The van der Waals surface area contributed by atoms with E-state index in [1.54, 1.807) is 0 Å². The summed E-state index contributed by atoms with van der Waals surface area (Å²) in [5.74, 6) is -1.65. The summed E-state index contributed by atoms with van der Waals surface area (Å²) in [6, 6.07) is 0.832. The molecular formula is C9H6F3NO2. The van der Waals surface area contributed by atoms with Crippen molar-refractivity contribution >= 4 is 12.0 Å². The average molecular weight is 217 g/mol. The molecule has 0 spiro atoms. The molecule has 0 amide bonds. The first kappa shape index (κ1) is 11.2. The van der Waals surface area contributed by atoms with E-state index in [1.165, 1.54) is 6.08 Å². The maximum Gasteiger partial charge on any atom is 0.418 e. The molecule has 1 N–H and O–H groups in total. The fourth-order valence-electron chi connectivity index (χ4n) is 0.986. The van der Waals surface area contributed by atoms with Crippen molar-refractivity contribution in [3.05, 3.63) is 35.7 Å². The van der Waals surface area contributed by atoms with Crippen molar-refractivity contribution in [2.75, 3.05) is 0 Å². The van der Waals surface area contributed by atoms with Crippen LogP contribution in [-0.4, -0.2) is 16.1 Å². The Balaban J connectivity index is 3.40. The topological polar surface area (TPSA) is 50.2 Å². The van der Waals surface area contributed by atoms with Gasteiger partial charge in [0, 0.05) is 6.20 Å². The van der Waals surface area contributed by atoms with Gasteiger partial charge < -0.3 is 5.11 Å². The highest BCUT2D eigenvalue weighted by atomic mass is 19.4. The maximum absolute atomic E-state index is 12.3. The van der Waals surface area contributed by atoms with Gasteiger partial charge in [-0.1, -0.05) is 6.58 Å². The molecule has 0 atom stereocenters. The zero-order valence-electron chi connectivity index (χ0n) is 7.38. The number of nitrogens with zero attached hydrogens (tertiary/aromatic N) is 1. The maximum atomic E-state index is 12.3. The lowest BCUT2D eigenvalue weighted by Crippen LogP contribution is -2.13. The predicted molar refractivity (Wildman–Crippen MR) is 46.3 cm³/mol. The van der Waals surface area contributed by atoms with Crippen LogP contribution in [0.1, 0.15) is 21.6 Å². The number of carboxylic acids is 1. The Bertz CT molecular complexity index is 412. The number of aromatic nitrogens is 1. The van der Waals surface area contributed by atoms with E-state index in [0.717, 1.165) is 6.07 Å². The van der Waals surface area contributed by atoms with E-state index in [1.807, 2.05) is 0 Å². The molecule has 80 valence electrons. The molecule has 0 bridgehead atoms.